The molecule has 7 aliphatic rings. The van der Waals surface area contributed by atoms with Crippen molar-refractivity contribution in [3.63, 3.8) is 0 Å². The van der Waals surface area contributed by atoms with Crippen LogP contribution in [0.4, 0.5) is 51.2 Å². The van der Waals surface area contributed by atoms with Gasteiger partial charge in [0, 0.05) is 72.0 Å². The molecule has 0 saturated heterocycles. The molecule has 0 atom stereocenters. The van der Waals surface area contributed by atoms with Gasteiger partial charge in [-0.15, -0.1) is 0 Å². The highest BCUT2D eigenvalue weighted by molar-refractivity contribution is 6.02. The topological polar surface area (TPSA) is 9.72 Å². The van der Waals surface area contributed by atoms with Gasteiger partial charge in [0.15, 0.2) is 0 Å². The molecule has 0 N–H and O–H groups in total. The lowest BCUT2D eigenvalue weighted by Gasteiger charge is -2.55. The number of anilines is 9. The Labute approximate surface area is 532 Å². The first kappa shape index (κ1) is 53.8. The summed E-state index contributed by atoms with van der Waals surface area (Å²) in [6, 6.07) is 83.2. The van der Waals surface area contributed by atoms with Crippen molar-refractivity contribution in [2.45, 2.75) is 135 Å². The SMILES string of the molecule is CC1(C)c2ccccc2-c2ccc(N(c3ccc4c(c3)C(C)(C)c3ccccc3-4)c3cc4c5c(c3)C(C)(C)c3cc(N(c6ccc7c(c6)C(C)(C)c6ccccc6-7)c6ccc7c(c6)C(C)(C)c6ccccc6-7)cc6c3N5c3c(cccc3C6(C)C)C4(C)C)cc21. The molecule has 0 radical (unpaired) electrons. The molecule has 18 rings (SSSR count). The molecule has 3 nitrogen and oxygen atoms in total. The normalized spacial score (nSPS) is 18.0. The van der Waals surface area contributed by atoms with E-state index < -0.39 is 5.41 Å². The van der Waals surface area contributed by atoms with Crippen molar-refractivity contribution >= 4 is 51.2 Å². The highest BCUT2D eigenvalue weighted by Gasteiger charge is 2.53. The highest BCUT2D eigenvalue weighted by atomic mass is 15.2. The average Bonchev–Trinajstić information content (AvgIpc) is 0.936. The molecule has 440 valence electrons. The smallest absolute Gasteiger partial charge is 0.0545 e. The van der Waals surface area contributed by atoms with Crippen LogP contribution < -0.4 is 14.7 Å². The molecule has 4 aliphatic carbocycles. The third-order valence-corrected chi connectivity index (χ3v) is 23.8. The molecule has 0 saturated carbocycles. The number of fused-ring (bicyclic) bond motifs is 12. The van der Waals surface area contributed by atoms with E-state index >= 15 is 0 Å². The van der Waals surface area contributed by atoms with E-state index in [0.29, 0.717) is 0 Å². The lowest BCUT2D eigenvalue weighted by atomic mass is 9.60. The number of para-hydroxylation sites is 1. The van der Waals surface area contributed by atoms with E-state index in [1.165, 1.54) is 174 Å². The molecule has 11 aromatic carbocycles. The Kier molecular flexibility index (Phi) is 10.3. The molecule has 11 aromatic rings. The van der Waals surface area contributed by atoms with E-state index in [4.69, 9.17) is 0 Å². The highest BCUT2D eigenvalue weighted by Crippen LogP contribution is 2.68. The van der Waals surface area contributed by atoms with Crippen molar-refractivity contribution in [3.8, 4) is 44.5 Å². The van der Waals surface area contributed by atoms with Crippen LogP contribution in [0.15, 0.2) is 212 Å². The van der Waals surface area contributed by atoms with Crippen molar-refractivity contribution in [3.05, 3.63) is 290 Å². The van der Waals surface area contributed by atoms with Crippen LogP contribution in [0, 0.1) is 0 Å². The van der Waals surface area contributed by atoms with Gasteiger partial charge in [-0.25, -0.2) is 0 Å². The molecule has 3 heteroatoms. The van der Waals surface area contributed by atoms with Crippen LogP contribution in [0.2, 0.25) is 0 Å². The first-order valence-electron chi connectivity index (χ1n) is 32.8. The summed E-state index contributed by atoms with van der Waals surface area (Å²) >= 11 is 0. The fraction of sp³-hybridized carbons (Fsp3) is 0.241. The maximum Gasteiger partial charge on any atom is 0.0545 e. The van der Waals surface area contributed by atoms with Crippen molar-refractivity contribution < 1.29 is 0 Å². The van der Waals surface area contributed by atoms with Gasteiger partial charge in [0.05, 0.1) is 17.1 Å². The van der Waals surface area contributed by atoms with Gasteiger partial charge in [-0.2, -0.15) is 0 Å². The van der Waals surface area contributed by atoms with Gasteiger partial charge >= 0.3 is 0 Å². The second kappa shape index (κ2) is 17.2. The van der Waals surface area contributed by atoms with Crippen molar-refractivity contribution in [2.75, 3.05) is 14.7 Å². The van der Waals surface area contributed by atoms with E-state index in [0.717, 1.165) is 0 Å². The molecule has 0 spiro atoms. The Morgan fingerprint density at radius 1 is 0.189 bits per heavy atom. The van der Waals surface area contributed by atoms with Gasteiger partial charge in [0.1, 0.15) is 0 Å². The number of benzene rings is 11. The maximum atomic E-state index is 2.75. The lowest BCUT2D eigenvalue weighted by Crippen LogP contribution is -2.44. The van der Waals surface area contributed by atoms with Gasteiger partial charge in [0.2, 0.25) is 0 Å². The van der Waals surface area contributed by atoms with Gasteiger partial charge in [-0.1, -0.05) is 236 Å². The molecule has 3 aliphatic heterocycles. The molecule has 3 heterocycles. The molecule has 0 amide bonds. The Hall–Kier alpha value is -9.18. The summed E-state index contributed by atoms with van der Waals surface area (Å²) < 4.78 is 0. The predicted octanol–water partition coefficient (Wildman–Crippen LogP) is 23.2. The van der Waals surface area contributed by atoms with E-state index in [9.17, 15) is 0 Å². The number of rotatable bonds is 6. The van der Waals surface area contributed by atoms with Crippen LogP contribution in [0.25, 0.3) is 44.5 Å². The second-order valence-electron chi connectivity index (χ2n) is 31.0. The number of hydrogen-bond acceptors (Lipinski definition) is 3. The molecule has 0 unspecified atom stereocenters. The van der Waals surface area contributed by atoms with E-state index in [2.05, 4.69) is 324 Å². The summed E-state index contributed by atoms with van der Waals surface area (Å²) in [6.07, 6.45) is 0. The van der Waals surface area contributed by atoms with Crippen molar-refractivity contribution in [1.29, 1.82) is 0 Å². The van der Waals surface area contributed by atoms with E-state index in [-0.39, 0.29) is 32.5 Å². The third kappa shape index (κ3) is 6.61. The van der Waals surface area contributed by atoms with Crippen LogP contribution in [-0.4, -0.2) is 0 Å². The zero-order valence-corrected chi connectivity index (χ0v) is 54.5. The largest absolute Gasteiger partial charge is 0.310 e. The minimum absolute atomic E-state index is 0.181. The lowest BCUT2D eigenvalue weighted by molar-refractivity contribution is 0.567. The quantitative estimate of drug-likeness (QED) is 0.164. The second-order valence-corrected chi connectivity index (χ2v) is 31.0. The number of hydrogen-bond donors (Lipinski definition) is 0. The first-order chi connectivity index (χ1) is 42.9. The van der Waals surface area contributed by atoms with Crippen molar-refractivity contribution in [2.24, 2.45) is 0 Å². The Morgan fingerprint density at radius 3 is 0.667 bits per heavy atom. The minimum atomic E-state index is -0.476. The van der Waals surface area contributed by atoms with Crippen LogP contribution in [-0.2, 0) is 37.9 Å². The average molecular weight is 1160 g/mol. The summed E-state index contributed by atoms with van der Waals surface area (Å²) in [7, 11) is 0. The van der Waals surface area contributed by atoms with Gasteiger partial charge in [-0.05, 0) is 195 Å². The van der Waals surface area contributed by atoms with Crippen LogP contribution in [0.1, 0.15) is 175 Å². The zero-order valence-electron chi connectivity index (χ0n) is 54.5. The molecule has 0 aromatic heterocycles. The molecule has 90 heavy (non-hydrogen) atoms. The van der Waals surface area contributed by atoms with Crippen LogP contribution in [0.3, 0.4) is 0 Å². The van der Waals surface area contributed by atoms with E-state index in [1.54, 1.807) is 0 Å². The Bertz CT molecular complexity index is 4550. The van der Waals surface area contributed by atoms with E-state index in [1.807, 2.05) is 0 Å². The zero-order chi connectivity index (χ0) is 61.9. The Morgan fingerprint density at radius 2 is 0.389 bits per heavy atom. The third-order valence-electron chi connectivity index (χ3n) is 23.8. The molecule has 0 fully saturated rings. The summed E-state index contributed by atoms with van der Waals surface area (Å²) in [5.74, 6) is 0. The van der Waals surface area contributed by atoms with Gasteiger partial charge in [0.25, 0.3) is 0 Å². The fourth-order valence-electron chi connectivity index (χ4n) is 18.7. The van der Waals surface area contributed by atoms with Crippen LogP contribution in [0.5, 0.6) is 0 Å². The summed E-state index contributed by atoms with van der Waals surface area (Å²) in [5.41, 5.74) is 38.9. The maximum absolute atomic E-state index is 2.75. The fourth-order valence-corrected chi connectivity index (χ4v) is 18.7. The summed E-state index contributed by atoms with van der Waals surface area (Å²) in [5, 5.41) is 0. The monoisotopic (exact) mass is 1160 g/mol. The predicted molar refractivity (Wildman–Crippen MR) is 377 cm³/mol. The molecular weight excluding hydrogens is 1090 g/mol. The van der Waals surface area contributed by atoms with Gasteiger partial charge in [-0.3, -0.25) is 0 Å². The first-order valence-corrected chi connectivity index (χ1v) is 32.8. The number of nitrogens with zero attached hydrogens (tertiary/aromatic N) is 3. The minimum Gasteiger partial charge on any atom is -0.310 e. The van der Waals surface area contributed by atoms with Gasteiger partial charge < -0.3 is 14.7 Å². The molecule has 0 bridgehead atoms. The van der Waals surface area contributed by atoms with Crippen molar-refractivity contribution in [1.82, 2.24) is 0 Å². The molecular formula is C87H77N3. The van der Waals surface area contributed by atoms with Crippen LogP contribution >= 0.6 is 0 Å². The summed E-state index contributed by atoms with van der Waals surface area (Å²) in [4.78, 5) is 7.99. The standard InChI is InChI=1S/C87H77N3/c1-81(2)64-28-19-15-24-56(64)60-38-34-50(42-70(60)81)88(51-35-39-61-57-25-16-20-29-65(57)82(3,4)71(61)43-51)54-46-74-79-76(48-54)87(13,14)77-49-55(47-75-80(77)90(79)78-68(85(74,9)10)32-23-33-69(78)86(75,11)12)89(52-36-40-62-58-26-17-21-30-66(58)83(5,6)72(62)44-52)53-37-41-63-59-27-18-22-31-67(59)84(7,8)73(63)45-53/h15-49H,1-14H3. The Balaban J connectivity index is 0.890. The summed E-state index contributed by atoms with van der Waals surface area (Å²) in [6.45, 7) is 34.3.